The molecule has 0 bridgehead atoms. The Labute approximate surface area is 162 Å². The second-order valence-corrected chi connectivity index (χ2v) is 7.17. The van der Waals surface area contributed by atoms with Crippen molar-refractivity contribution in [3.05, 3.63) is 89.5 Å². The maximum absolute atomic E-state index is 5.87. The number of aromatic nitrogens is 1. The minimum absolute atomic E-state index is 0.569. The highest BCUT2D eigenvalue weighted by molar-refractivity contribution is 7.22. The van der Waals surface area contributed by atoms with Gasteiger partial charge < -0.3 is 4.74 Å². The number of aryl methyl sites for hydroxylation is 1. The van der Waals surface area contributed by atoms with Crippen molar-refractivity contribution in [2.45, 2.75) is 13.5 Å². The molecule has 0 fully saturated rings. The average molecular weight is 373 g/mol. The summed E-state index contributed by atoms with van der Waals surface area (Å²) < 4.78 is 7.01. The Bertz CT molecular complexity index is 1040. The highest BCUT2D eigenvalue weighted by Crippen LogP contribution is 2.25. The van der Waals surface area contributed by atoms with Gasteiger partial charge in [-0.3, -0.25) is 5.43 Å². The van der Waals surface area contributed by atoms with Crippen LogP contribution in [-0.2, 0) is 6.61 Å². The lowest BCUT2D eigenvalue weighted by Crippen LogP contribution is -1.97. The Kier molecular flexibility index (Phi) is 5.12. The first-order valence-electron chi connectivity index (χ1n) is 8.70. The van der Waals surface area contributed by atoms with Crippen molar-refractivity contribution in [3.63, 3.8) is 0 Å². The van der Waals surface area contributed by atoms with E-state index in [0.29, 0.717) is 6.61 Å². The van der Waals surface area contributed by atoms with Gasteiger partial charge in [-0.2, -0.15) is 5.10 Å². The first kappa shape index (κ1) is 17.2. The summed E-state index contributed by atoms with van der Waals surface area (Å²) >= 11 is 1.58. The smallest absolute Gasteiger partial charge is 0.204 e. The molecule has 0 saturated heterocycles. The highest BCUT2D eigenvalue weighted by atomic mass is 32.1. The number of rotatable bonds is 6. The number of hydrogen-bond donors (Lipinski definition) is 1. The van der Waals surface area contributed by atoms with Gasteiger partial charge >= 0.3 is 0 Å². The lowest BCUT2D eigenvalue weighted by molar-refractivity contribution is 0.305. The summed E-state index contributed by atoms with van der Waals surface area (Å²) in [5, 5.41) is 5.06. The fourth-order valence-electron chi connectivity index (χ4n) is 2.67. The molecule has 0 atom stereocenters. The number of fused-ring (bicyclic) bond motifs is 1. The van der Waals surface area contributed by atoms with Gasteiger partial charge in [0.15, 0.2) is 0 Å². The van der Waals surface area contributed by atoms with E-state index in [0.717, 1.165) is 26.7 Å². The number of nitrogens with zero attached hydrogens (tertiary/aromatic N) is 2. The van der Waals surface area contributed by atoms with E-state index in [1.54, 1.807) is 17.6 Å². The Morgan fingerprint density at radius 3 is 2.59 bits per heavy atom. The summed E-state index contributed by atoms with van der Waals surface area (Å²) in [7, 11) is 0. The van der Waals surface area contributed by atoms with Crippen LogP contribution in [0.15, 0.2) is 77.9 Å². The number of para-hydroxylation sites is 1. The molecule has 1 heterocycles. The predicted octanol–water partition coefficient (Wildman–Crippen LogP) is 5.63. The van der Waals surface area contributed by atoms with E-state index in [2.05, 4.69) is 40.6 Å². The van der Waals surface area contributed by atoms with Gasteiger partial charge in [-0.05, 0) is 60.0 Å². The molecule has 5 heteroatoms. The number of hydrogen-bond acceptors (Lipinski definition) is 5. The predicted molar refractivity (Wildman–Crippen MR) is 113 cm³/mol. The van der Waals surface area contributed by atoms with Gasteiger partial charge in [0, 0.05) is 0 Å². The summed E-state index contributed by atoms with van der Waals surface area (Å²) in [5.41, 5.74) is 7.41. The van der Waals surface area contributed by atoms with Crippen molar-refractivity contribution < 1.29 is 4.74 Å². The maximum atomic E-state index is 5.87. The summed E-state index contributed by atoms with van der Waals surface area (Å²) in [6.45, 7) is 2.66. The lowest BCUT2D eigenvalue weighted by atomic mass is 10.1. The molecular formula is C22H19N3OS. The highest BCUT2D eigenvalue weighted by Gasteiger charge is 2.01. The van der Waals surface area contributed by atoms with Gasteiger partial charge in [-0.1, -0.05) is 47.7 Å². The van der Waals surface area contributed by atoms with Crippen molar-refractivity contribution in [2.75, 3.05) is 5.43 Å². The van der Waals surface area contributed by atoms with Crippen molar-refractivity contribution in [1.29, 1.82) is 0 Å². The third kappa shape index (κ3) is 4.33. The molecule has 1 aromatic heterocycles. The van der Waals surface area contributed by atoms with Crippen LogP contribution in [0.25, 0.3) is 10.2 Å². The molecular weight excluding hydrogens is 354 g/mol. The third-order valence-electron chi connectivity index (χ3n) is 4.20. The third-order valence-corrected chi connectivity index (χ3v) is 5.14. The van der Waals surface area contributed by atoms with Gasteiger partial charge in [0.05, 0.1) is 16.4 Å². The Morgan fingerprint density at radius 1 is 1.00 bits per heavy atom. The van der Waals surface area contributed by atoms with E-state index in [1.165, 1.54) is 11.1 Å². The molecule has 0 radical (unpaired) electrons. The van der Waals surface area contributed by atoms with E-state index in [-0.39, 0.29) is 0 Å². The summed E-state index contributed by atoms with van der Waals surface area (Å²) in [4.78, 5) is 4.49. The average Bonchev–Trinajstić information content (AvgIpc) is 3.11. The van der Waals surface area contributed by atoms with Crippen molar-refractivity contribution in [2.24, 2.45) is 5.10 Å². The molecule has 0 spiro atoms. The first-order chi connectivity index (χ1) is 13.3. The van der Waals surface area contributed by atoms with E-state index in [9.17, 15) is 0 Å². The Balaban J connectivity index is 1.34. The summed E-state index contributed by atoms with van der Waals surface area (Å²) in [5.74, 6) is 0.842. The molecule has 4 nitrogen and oxygen atoms in total. The number of hydrazone groups is 1. The SMILES string of the molecule is Cc1ccccc1COc1ccc(/C=N\Nc2nc3ccccc3s2)cc1. The van der Waals surface area contributed by atoms with E-state index >= 15 is 0 Å². The normalized spacial score (nSPS) is 11.1. The maximum Gasteiger partial charge on any atom is 0.204 e. The molecule has 0 aliphatic carbocycles. The van der Waals surface area contributed by atoms with Crippen LogP contribution in [-0.4, -0.2) is 11.2 Å². The number of thiazole rings is 1. The zero-order valence-corrected chi connectivity index (χ0v) is 15.7. The molecule has 0 aliphatic heterocycles. The van der Waals surface area contributed by atoms with Crippen LogP contribution >= 0.6 is 11.3 Å². The molecule has 0 aliphatic rings. The quantitative estimate of drug-likeness (QED) is 0.352. The second kappa shape index (κ2) is 8.01. The topological polar surface area (TPSA) is 46.5 Å². The number of anilines is 1. The summed E-state index contributed by atoms with van der Waals surface area (Å²) in [6.07, 6.45) is 1.77. The second-order valence-electron chi connectivity index (χ2n) is 6.14. The van der Waals surface area contributed by atoms with Gasteiger partial charge in [0.1, 0.15) is 12.4 Å². The van der Waals surface area contributed by atoms with Crippen LogP contribution in [0.3, 0.4) is 0 Å². The monoisotopic (exact) mass is 373 g/mol. The van der Waals surface area contributed by atoms with Crippen LogP contribution < -0.4 is 10.2 Å². The van der Waals surface area contributed by atoms with Crippen LogP contribution in [0, 0.1) is 6.92 Å². The Morgan fingerprint density at radius 2 is 1.78 bits per heavy atom. The molecule has 1 N–H and O–H groups in total. The van der Waals surface area contributed by atoms with Gasteiger partial charge in [0.25, 0.3) is 0 Å². The minimum Gasteiger partial charge on any atom is -0.489 e. The van der Waals surface area contributed by atoms with E-state index in [1.807, 2.05) is 54.6 Å². The number of nitrogens with one attached hydrogen (secondary N) is 1. The largest absolute Gasteiger partial charge is 0.489 e. The van der Waals surface area contributed by atoms with Gasteiger partial charge in [-0.15, -0.1) is 0 Å². The van der Waals surface area contributed by atoms with Crippen molar-refractivity contribution in [1.82, 2.24) is 4.98 Å². The molecule has 0 amide bonds. The van der Waals surface area contributed by atoms with E-state index < -0.39 is 0 Å². The van der Waals surface area contributed by atoms with E-state index in [4.69, 9.17) is 4.74 Å². The molecule has 0 unspecified atom stereocenters. The van der Waals surface area contributed by atoms with Crippen LogP contribution in [0.2, 0.25) is 0 Å². The van der Waals surface area contributed by atoms with Crippen molar-refractivity contribution >= 4 is 32.9 Å². The number of ether oxygens (including phenoxy) is 1. The molecule has 4 rings (SSSR count). The standard InChI is InChI=1S/C22H19N3OS/c1-16-6-2-3-7-18(16)15-26-19-12-10-17(11-13-19)14-23-25-22-24-20-8-4-5-9-21(20)27-22/h2-14H,15H2,1H3,(H,24,25)/b23-14-. The van der Waals surface area contributed by atoms with Gasteiger partial charge in [0.2, 0.25) is 5.13 Å². The molecule has 0 saturated carbocycles. The van der Waals surface area contributed by atoms with Crippen LogP contribution in [0.1, 0.15) is 16.7 Å². The van der Waals surface area contributed by atoms with Gasteiger partial charge in [-0.25, -0.2) is 4.98 Å². The first-order valence-corrected chi connectivity index (χ1v) is 9.51. The molecule has 3 aromatic carbocycles. The minimum atomic E-state index is 0.569. The molecule has 4 aromatic rings. The fourth-order valence-corrected chi connectivity index (χ4v) is 3.48. The molecule has 134 valence electrons. The fraction of sp³-hybridized carbons (Fsp3) is 0.0909. The zero-order valence-electron chi connectivity index (χ0n) is 14.9. The van der Waals surface area contributed by atoms with Crippen LogP contribution in [0.4, 0.5) is 5.13 Å². The van der Waals surface area contributed by atoms with Crippen LogP contribution in [0.5, 0.6) is 5.75 Å². The lowest BCUT2D eigenvalue weighted by Gasteiger charge is -2.08. The Hall–Kier alpha value is -3.18. The summed E-state index contributed by atoms with van der Waals surface area (Å²) in [6, 6.07) is 24.2. The zero-order chi connectivity index (χ0) is 18.5. The number of benzene rings is 3. The molecule has 27 heavy (non-hydrogen) atoms. The van der Waals surface area contributed by atoms with Crippen molar-refractivity contribution in [3.8, 4) is 5.75 Å².